The number of furan rings is 1. The van der Waals surface area contributed by atoms with Crippen LogP contribution in [0.1, 0.15) is 16.1 Å². The van der Waals surface area contributed by atoms with Crippen LogP contribution in [0.4, 0.5) is 17.1 Å². The first-order chi connectivity index (χ1) is 14.5. The van der Waals surface area contributed by atoms with Crippen molar-refractivity contribution in [1.82, 2.24) is 0 Å². The molecule has 154 valence electrons. The highest BCUT2D eigenvalue weighted by molar-refractivity contribution is 6.02. The van der Waals surface area contributed by atoms with Crippen molar-refractivity contribution in [2.24, 2.45) is 0 Å². The van der Waals surface area contributed by atoms with E-state index in [1.807, 2.05) is 24.3 Å². The second-order valence-electron chi connectivity index (χ2n) is 7.02. The van der Waals surface area contributed by atoms with Crippen LogP contribution < -0.4 is 10.2 Å². The lowest BCUT2D eigenvalue weighted by atomic mass is 10.1. The Morgan fingerprint density at radius 3 is 2.47 bits per heavy atom. The summed E-state index contributed by atoms with van der Waals surface area (Å²) in [6, 6.07) is 15.4. The van der Waals surface area contributed by atoms with Gasteiger partial charge in [0.1, 0.15) is 5.76 Å². The molecule has 8 heteroatoms. The topological polar surface area (TPSA) is 97.8 Å². The maximum Gasteiger partial charge on any atom is 0.291 e. The molecule has 1 amide bonds. The monoisotopic (exact) mass is 407 g/mol. The van der Waals surface area contributed by atoms with Gasteiger partial charge in [0, 0.05) is 42.2 Å². The van der Waals surface area contributed by atoms with Crippen LogP contribution in [0.15, 0.2) is 59.0 Å². The fourth-order valence-electron chi connectivity index (χ4n) is 3.41. The van der Waals surface area contributed by atoms with E-state index in [2.05, 4.69) is 10.2 Å². The van der Waals surface area contributed by atoms with Crippen LogP contribution >= 0.6 is 0 Å². The molecule has 1 fully saturated rings. The maximum atomic E-state index is 12.6. The van der Waals surface area contributed by atoms with Crippen molar-refractivity contribution < 1.29 is 18.9 Å². The number of carbonyl (C=O) groups is 1. The van der Waals surface area contributed by atoms with Crippen molar-refractivity contribution in [2.75, 3.05) is 36.5 Å². The van der Waals surface area contributed by atoms with Crippen LogP contribution in [0.2, 0.25) is 0 Å². The van der Waals surface area contributed by atoms with E-state index in [1.54, 1.807) is 25.1 Å². The quantitative estimate of drug-likeness (QED) is 0.501. The number of nitro benzene ring substituents is 1. The lowest BCUT2D eigenvalue weighted by molar-refractivity contribution is -0.384. The summed E-state index contributed by atoms with van der Waals surface area (Å²) in [4.78, 5) is 25.2. The highest BCUT2D eigenvalue weighted by Crippen LogP contribution is 2.29. The number of hydrogen-bond acceptors (Lipinski definition) is 6. The molecule has 2 heterocycles. The minimum Gasteiger partial charge on any atom is -0.451 e. The molecule has 1 aliphatic heterocycles. The summed E-state index contributed by atoms with van der Waals surface area (Å²) >= 11 is 0. The third kappa shape index (κ3) is 4.18. The van der Waals surface area contributed by atoms with Crippen molar-refractivity contribution in [2.45, 2.75) is 6.92 Å². The SMILES string of the molecule is Cc1cc([N+](=O)[O-])ccc1-c1ccc(C(=O)Nc2ccc(N3CCOCC3)cc2)o1. The molecule has 0 bridgehead atoms. The number of amides is 1. The number of nitrogens with one attached hydrogen (secondary N) is 1. The molecule has 30 heavy (non-hydrogen) atoms. The van der Waals surface area contributed by atoms with E-state index in [0.29, 0.717) is 35.8 Å². The molecule has 1 saturated heterocycles. The summed E-state index contributed by atoms with van der Waals surface area (Å²) < 4.78 is 11.1. The van der Waals surface area contributed by atoms with Gasteiger partial charge in [-0.05, 0) is 55.0 Å². The lowest BCUT2D eigenvalue weighted by Crippen LogP contribution is -2.36. The second kappa shape index (κ2) is 8.38. The Kier molecular flexibility index (Phi) is 5.49. The fourth-order valence-corrected chi connectivity index (χ4v) is 3.41. The summed E-state index contributed by atoms with van der Waals surface area (Å²) in [6.07, 6.45) is 0. The van der Waals surface area contributed by atoms with E-state index < -0.39 is 4.92 Å². The first-order valence-corrected chi connectivity index (χ1v) is 9.60. The van der Waals surface area contributed by atoms with Gasteiger partial charge in [-0.1, -0.05) is 0 Å². The van der Waals surface area contributed by atoms with Gasteiger partial charge in [0.15, 0.2) is 5.76 Å². The predicted molar refractivity (Wildman–Crippen MR) is 113 cm³/mol. The van der Waals surface area contributed by atoms with E-state index in [9.17, 15) is 14.9 Å². The van der Waals surface area contributed by atoms with Gasteiger partial charge >= 0.3 is 0 Å². The van der Waals surface area contributed by atoms with Gasteiger partial charge in [-0.2, -0.15) is 0 Å². The zero-order chi connectivity index (χ0) is 21.1. The molecule has 3 aromatic rings. The Balaban J connectivity index is 1.45. The number of rotatable bonds is 5. The van der Waals surface area contributed by atoms with Crippen LogP contribution in [0, 0.1) is 17.0 Å². The molecule has 0 spiro atoms. The summed E-state index contributed by atoms with van der Waals surface area (Å²) in [6.45, 7) is 4.90. The molecule has 1 N–H and O–H groups in total. The summed E-state index contributed by atoms with van der Waals surface area (Å²) in [7, 11) is 0. The van der Waals surface area contributed by atoms with Crippen molar-refractivity contribution in [3.05, 3.63) is 76.0 Å². The van der Waals surface area contributed by atoms with Crippen LogP contribution in [0.3, 0.4) is 0 Å². The van der Waals surface area contributed by atoms with Gasteiger partial charge < -0.3 is 19.4 Å². The number of nitrogens with zero attached hydrogens (tertiary/aromatic N) is 2. The van der Waals surface area contributed by atoms with E-state index in [0.717, 1.165) is 18.8 Å². The minimum absolute atomic E-state index is 0.0151. The molecule has 2 aromatic carbocycles. The number of hydrogen-bond donors (Lipinski definition) is 1. The molecule has 0 unspecified atom stereocenters. The first-order valence-electron chi connectivity index (χ1n) is 9.60. The molecule has 1 aromatic heterocycles. The van der Waals surface area contributed by atoms with Crippen molar-refractivity contribution in [3.63, 3.8) is 0 Å². The van der Waals surface area contributed by atoms with E-state index in [4.69, 9.17) is 9.15 Å². The summed E-state index contributed by atoms with van der Waals surface area (Å²) in [5.74, 6) is 0.287. The zero-order valence-corrected chi connectivity index (χ0v) is 16.5. The van der Waals surface area contributed by atoms with Crippen molar-refractivity contribution in [3.8, 4) is 11.3 Å². The van der Waals surface area contributed by atoms with Crippen molar-refractivity contribution >= 4 is 23.0 Å². The fraction of sp³-hybridized carbons (Fsp3) is 0.227. The van der Waals surface area contributed by atoms with Gasteiger partial charge in [0.05, 0.1) is 18.1 Å². The van der Waals surface area contributed by atoms with Crippen LogP contribution in [0.25, 0.3) is 11.3 Å². The molecular formula is C22H21N3O5. The molecule has 4 rings (SSSR count). The van der Waals surface area contributed by atoms with Crippen LogP contribution in [-0.2, 0) is 4.74 Å². The number of aryl methyl sites for hydroxylation is 1. The van der Waals surface area contributed by atoms with Gasteiger partial charge in [-0.25, -0.2) is 0 Å². The van der Waals surface area contributed by atoms with Crippen LogP contribution in [0.5, 0.6) is 0 Å². The third-order valence-corrected chi connectivity index (χ3v) is 5.02. The third-order valence-electron chi connectivity index (χ3n) is 5.02. The van der Waals surface area contributed by atoms with Crippen molar-refractivity contribution in [1.29, 1.82) is 0 Å². The molecule has 0 radical (unpaired) electrons. The molecular weight excluding hydrogens is 386 g/mol. The Bertz CT molecular complexity index is 1070. The average molecular weight is 407 g/mol. The van der Waals surface area contributed by atoms with Gasteiger partial charge in [0.25, 0.3) is 11.6 Å². The predicted octanol–water partition coefficient (Wildman–Crippen LogP) is 4.25. The maximum absolute atomic E-state index is 12.6. The Morgan fingerprint density at radius 1 is 1.07 bits per heavy atom. The second-order valence-corrected chi connectivity index (χ2v) is 7.02. The van der Waals surface area contributed by atoms with E-state index >= 15 is 0 Å². The van der Waals surface area contributed by atoms with E-state index in [-0.39, 0.29) is 17.4 Å². The highest BCUT2D eigenvalue weighted by Gasteiger charge is 2.16. The number of anilines is 2. The van der Waals surface area contributed by atoms with Crippen LogP contribution in [-0.4, -0.2) is 37.1 Å². The molecule has 8 nitrogen and oxygen atoms in total. The number of carbonyl (C=O) groups excluding carboxylic acids is 1. The summed E-state index contributed by atoms with van der Waals surface area (Å²) in [5, 5.41) is 13.7. The van der Waals surface area contributed by atoms with Gasteiger partial charge in [0.2, 0.25) is 0 Å². The standard InChI is InChI=1S/C22H21N3O5/c1-15-14-18(25(27)28)6-7-19(15)20-8-9-21(30-20)22(26)23-16-2-4-17(5-3-16)24-10-12-29-13-11-24/h2-9,14H,10-13H2,1H3,(H,23,26). The highest BCUT2D eigenvalue weighted by atomic mass is 16.6. The first kappa shape index (κ1) is 19.7. The minimum atomic E-state index is -0.442. The number of benzene rings is 2. The van der Waals surface area contributed by atoms with Gasteiger partial charge in [-0.3, -0.25) is 14.9 Å². The number of nitro groups is 1. The Labute approximate surface area is 173 Å². The molecule has 0 saturated carbocycles. The Hall–Kier alpha value is -3.65. The number of morpholine rings is 1. The molecule has 0 atom stereocenters. The Morgan fingerprint density at radius 2 is 1.80 bits per heavy atom. The molecule has 1 aliphatic rings. The smallest absolute Gasteiger partial charge is 0.291 e. The number of ether oxygens (including phenoxy) is 1. The van der Waals surface area contributed by atoms with Gasteiger partial charge in [-0.15, -0.1) is 0 Å². The number of non-ortho nitro benzene ring substituents is 1. The average Bonchev–Trinajstić information content (AvgIpc) is 3.25. The normalized spacial score (nSPS) is 13.8. The lowest BCUT2D eigenvalue weighted by Gasteiger charge is -2.28. The largest absolute Gasteiger partial charge is 0.451 e. The summed E-state index contributed by atoms with van der Waals surface area (Å²) in [5.41, 5.74) is 3.17. The molecule has 0 aliphatic carbocycles. The zero-order valence-electron chi connectivity index (χ0n) is 16.5. The van der Waals surface area contributed by atoms with E-state index in [1.165, 1.54) is 12.1 Å².